The standard InChI is InChI=1S/C25H34O5/c1-5-14-28-20-17-19(25(30-16-7-3)24(18-20)27-4)12-13-22(26)21-10-8-9-11-23(21)29-15-6-2/h8-11,17-18H,5-7,12-16H2,1-4H3. The molecule has 0 fully saturated rings. The quantitative estimate of drug-likeness (QED) is 0.362. The second kappa shape index (κ2) is 12.8. The van der Waals surface area contributed by atoms with E-state index in [1.165, 1.54) is 0 Å². The fourth-order valence-corrected chi connectivity index (χ4v) is 3.06. The van der Waals surface area contributed by atoms with Gasteiger partial charge in [-0.2, -0.15) is 0 Å². The normalized spacial score (nSPS) is 10.5. The number of methoxy groups -OCH3 is 1. The molecule has 2 aromatic rings. The number of rotatable bonds is 14. The predicted octanol–water partition coefficient (Wildman–Crippen LogP) is 5.88. The maximum absolute atomic E-state index is 13.0. The van der Waals surface area contributed by atoms with Gasteiger partial charge in [0.25, 0.3) is 0 Å². The van der Waals surface area contributed by atoms with Gasteiger partial charge in [-0.25, -0.2) is 0 Å². The Hall–Kier alpha value is -2.69. The molecule has 0 aliphatic carbocycles. The summed E-state index contributed by atoms with van der Waals surface area (Å²) >= 11 is 0. The topological polar surface area (TPSA) is 54.0 Å². The molecule has 0 aliphatic rings. The van der Waals surface area contributed by atoms with E-state index >= 15 is 0 Å². The zero-order chi connectivity index (χ0) is 21.8. The third-order valence-corrected chi connectivity index (χ3v) is 4.52. The molecule has 0 N–H and O–H groups in total. The van der Waals surface area contributed by atoms with Crippen molar-refractivity contribution in [3.05, 3.63) is 47.5 Å². The van der Waals surface area contributed by atoms with E-state index < -0.39 is 0 Å². The van der Waals surface area contributed by atoms with Crippen LogP contribution in [0.3, 0.4) is 0 Å². The van der Waals surface area contributed by atoms with Gasteiger partial charge in [-0.05, 0) is 43.9 Å². The van der Waals surface area contributed by atoms with Crippen molar-refractivity contribution in [2.24, 2.45) is 0 Å². The summed E-state index contributed by atoms with van der Waals surface area (Å²) < 4.78 is 23.1. The fourth-order valence-electron chi connectivity index (χ4n) is 3.06. The highest BCUT2D eigenvalue weighted by Crippen LogP contribution is 2.37. The van der Waals surface area contributed by atoms with Crippen LogP contribution in [0.25, 0.3) is 0 Å². The second-order valence-electron chi connectivity index (χ2n) is 7.08. The summed E-state index contributed by atoms with van der Waals surface area (Å²) in [5.74, 6) is 2.73. The third-order valence-electron chi connectivity index (χ3n) is 4.52. The Kier molecular flexibility index (Phi) is 10.1. The van der Waals surface area contributed by atoms with Crippen LogP contribution < -0.4 is 18.9 Å². The number of hydrogen-bond acceptors (Lipinski definition) is 5. The first-order valence-electron chi connectivity index (χ1n) is 10.9. The number of ether oxygens (including phenoxy) is 4. The molecular weight excluding hydrogens is 380 g/mol. The van der Waals surface area contributed by atoms with Crippen molar-refractivity contribution in [1.29, 1.82) is 0 Å². The van der Waals surface area contributed by atoms with Crippen LogP contribution in [-0.4, -0.2) is 32.7 Å². The average molecular weight is 415 g/mol. The molecule has 0 unspecified atom stereocenters. The maximum atomic E-state index is 13.0. The zero-order valence-electron chi connectivity index (χ0n) is 18.7. The number of ketones is 1. The number of hydrogen-bond donors (Lipinski definition) is 0. The SMILES string of the molecule is CCCOc1cc(CCC(=O)c2ccccc2OCCC)c(OCCC)c(OC)c1. The summed E-state index contributed by atoms with van der Waals surface area (Å²) in [6.45, 7) is 7.96. The van der Waals surface area contributed by atoms with Crippen molar-refractivity contribution >= 4 is 5.78 Å². The molecule has 0 amide bonds. The molecule has 0 bridgehead atoms. The lowest BCUT2D eigenvalue weighted by atomic mass is 10.0. The van der Waals surface area contributed by atoms with Gasteiger partial charge in [-0.1, -0.05) is 32.9 Å². The van der Waals surface area contributed by atoms with Crippen LogP contribution in [-0.2, 0) is 6.42 Å². The summed E-state index contributed by atoms with van der Waals surface area (Å²) in [4.78, 5) is 13.0. The molecule has 0 saturated carbocycles. The molecule has 30 heavy (non-hydrogen) atoms. The van der Waals surface area contributed by atoms with Gasteiger partial charge >= 0.3 is 0 Å². The Morgan fingerprint density at radius 2 is 1.50 bits per heavy atom. The van der Waals surface area contributed by atoms with E-state index in [1.807, 2.05) is 43.3 Å². The van der Waals surface area contributed by atoms with Crippen LogP contribution in [0, 0.1) is 0 Å². The van der Waals surface area contributed by atoms with E-state index in [4.69, 9.17) is 18.9 Å². The van der Waals surface area contributed by atoms with Gasteiger partial charge < -0.3 is 18.9 Å². The minimum Gasteiger partial charge on any atom is -0.493 e. The monoisotopic (exact) mass is 414 g/mol. The third kappa shape index (κ3) is 6.68. The first kappa shape index (κ1) is 23.6. The molecule has 2 rings (SSSR count). The molecule has 0 atom stereocenters. The smallest absolute Gasteiger partial charge is 0.166 e. The number of carbonyl (C=O) groups is 1. The minimum atomic E-state index is 0.0435. The Morgan fingerprint density at radius 3 is 2.20 bits per heavy atom. The van der Waals surface area contributed by atoms with E-state index in [2.05, 4.69) is 13.8 Å². The van der Waals surface area contributed by atoms with Crippen molar-refractivity contribution in [3.8, 4) is 23.0 Å². The van der Waals surface area contributed by atoms with Crippen LogP contribution in [0.15, 0.2) is 36.4 Å². The van der Waals surface area contributed by atoms with Crippen LogP contribution in [0.5, 0.6) is 23.0 Å². The predicted molar refractivity (Wildman–Crippen MR) is 119 cm³/mol. The number of aryl methyl sites for hydroxylation is 1. The molecular formula is C25H34O5. The highest BCUT2D eigenvalue weighted by Gasteiger charge is 2.17. The Morgan fingerprint density at radius 1 is 0.833 bits per heavy atom. The molecule has 0 aromatic heterocycles. The van der Waals surface area contributed by atoms with Crippen molar-refractivity contribution < 1.29 is 23.7 Å². The largest absolute Gasteiger partial charge is 0.493 e. The van der Waals surface area contributed by atoms with Crippen LogP contribution in [0.4, 0.5) is 0 Å². The lowest BCUT2D eigenvalue weighted by molar-refractivity contribution is 0.0978. The molecule has 0 heterocycles. The Labute approximate surface area is 180 Å². The Balaban J connectivity index is 2.24. The van der Waals surface area contributed by atoms with Gasteiger partial charge in [0.1, 0.15) is 11.5 Å². The molecule has 0 aliphatic heterocycles. The van der Waals surface area contributed by atoms with Crippen molar-refractivity contribution in [1.82, 2.24) is 0 Å². The molecule has 0 spiro atoms. The van der Waals surface area contributed by atoms with Gasteiger partial charge in [0, 0.05) is 18.1 Å². The van der Waals surface area contributed by atoms with Gasteiger partial charge in [0.2, 0.25) is 0 Å². The van der Waals surface area contributed by atoms with E-state index in [1.54, 1.807) is 7.11 Å². The fraction of sp³-hybridized carbons (Fsp3) is 0.480. The van der Waals surface area contributed by atoms with E-state index in [-0.39, 0.29) is 5.78 Å². The molecule has 0 radical (unpaired) electrons. The van der Waals surface area contributed by atoms with Crippen molar-refractivity contribution in [2.75, 3.05) is 26.9 Å². The van der Waals surface area contributed by atoms with Gasteiger partial charge in [0.15, 0.2) is 17.3 Å². The summed E-state index contributed by atoms with van der Waals surface area (Å²) in [5.41, 5.74) is 1.53. The first-order chi connectivity index (χ1) is 14.6. The second-order valence-corrected chi connectivity index (χ2v) is 7.08. The number of benzene rings is 2. The van der Waals surface area contributed by atoms with E-state index in [0.29, 0.717) is 55.5 Å². The first-order valence-corrected chi connectivity index (χ1v) is 10.9. The van der Waals surface area contributed by atoms with Gasteiger partial charge in [0.05, 0.1) is 32.5 Å². The number of carbonyl (C=O) groups excluding carboxylic acids is 1. The maximum Gasteiger partial charge on any atom is 0.166 e. The van der Waals surface area contributed by atoms with Gasteiger partial charge in [-0.3, -0.25) is 4.79 Å². The molecule has 5 heteroatoms. The summed E-state index contributed by atoms with van der Waals surface area (Å²) in [7, 11) is 1.62. The van der Waals surface area contributed by atoms with Crippen LogP contribution >= 0.6 is 0 Å². The Bertz CT molecular complexity index is 800. The summed E-state index contributed by atoms with van der Waals surface area (Å²) in [6.07, 6.45) is 3.57. The summed E-state index contributed by atoms with van der Waals surface area (Å²) in [5, 5.41) is 0. The molecule has 2 aromatic carbocycles. The zero-order valence-corrected chi connectivity index (χ0v) is 18.7. The molecule has 0 saturated heterocycles. The average Bonchev–Trinajstić information content (AvgIpc) is 2.78. The van der Waals surface area contributed by atoms with Crippen molar-refractivity contribution in [2.45, 2.75) is 52.9 Å². The molecule has 164 valence electrons. The summed E-state index contributed by atoms with van der Waals surface area (Å²) in [6, 6.07) is 11.2. The van der Waals surface area contributed by atoms with Crippen LogP contribution in [0.2, 0.25) is 0 Å². The van der Waals surface area contributed by atoms with Crippen LogP contribution in [0.1, 0.15) is 62.4 Å². The van der Waals surface area contributed by atoms with Crippen molar-refractivity contribution in [3.63, 3.8) is 0 Å². The highest BCUT2D eigenvalue weighted by atomic mass is 16.5. The highest BCUT2D eigenvalue weighted by molar-refractivity contribution is 5.98. The van der Waals surface area contributed by atoms with Gasteiger partial charge in [-0.15, -0.1) is 0 Å². The minimum absolute atomic E-state index is 0.0435. The number of Topliss-reactive ketones (excluding diaryl/α,β-unsaturated/α-hetero) is 1. The lowest BCUT2D eigenvalue weighted by Gasteiger charge is -2.17. The van der Waals surface area contributed by atoms with E-state index in [0.717, 1.165) is 30.6 Å². The molecule has 5 nitrogen and oxygen atoms in total. The van der Waals surface area contributed by atoms with E-state index in [9.17, 15) is 4.79 Å². The number of para-hydroxylation sites is 1. The lowest BCUT2D eigenvalue weighted by Crippen LogP contribution is -2.08.